The van der Waals surface area contributed by atoms with Gasteiger partial charge in [0.2, 0.25) is 0 Å². The molecular formula is C25H40N4O. The molecular weight excluding hydrogens is 372 g/mol. The zero-order valence-corrected chi connectivity index (χ0v) is 19.1. The van der Waals surface area contributed by atoms with Crippen molar-refractivity contribution >= 4 is 11.6 Å². The highest BCUT2D eigenvalue weighted by Crippen LogP contribution is 2.41. The van der Waals surface area contributed by atoms with E-state index >= 15 is 0 Å². The van der Waals surface area contributed by atoms with Gasteiger partial charge in [0, 0.05) is 24.8 Å². The van der Waals surface area contributed by atoms with Crippen molar-refractivity contribution in [3.05, 3.63) is 30.3 Å². The number of benzene rings is 1. The molecule has 0 aromatic heterocycles. The molecule has 2 saturated heterocycles. The fourth-order valence-electron chi connectivity index (χ4n) is 6.02. The van der Waals surface area contributed by atoms with Gasteiger partial charge in [-0.1, -0.05) is 39.0 Å². The minimum Gasteiger partial charge on any atom is -0.339 e. The van der Waals surface area contributed by atoms with Crippen LogP contribution in [0.15, 0.2) is 30.3 Å². The lowest BCUT2D eigenvalue weighted by Gasteiger charge is -2.47. The minimum atomic E-state index is -0.431. The van der Waals surface area contributed by atoms with Gasteiger partial charge in [0.1, 0.15) is 5.54 Å². The smallest absolute Gasteiger partial charge is 0.251 e. The molecule has 0 radical (unpaired) electrons. The van der Waals surface area contributed by atoms with E-state index in [0.717, 1.165) is 49.9 Å². The molecule has 5 nitrogen and oxygen atoms in total. The van der Waals surface area contributed by atoms with Gasteiger partial charge in [-0.25, -0.2) is 0 Å². The van der Waals surface area contributed by atoms with Crippen molar-refractivity contribution in [1.82, 2.24) is 9.80 Å². The van der Waals surface area contributed by atoms with Crippen molar-refractivity contribution in [2.75, 3.05) is 24.7 Å². The number of carbonyl (C=O) groups is 1. The SMILES string of the molecule is CCC(N)N1CN(c2ccccc2)C2(CCN(C3CCC(C(C)C)CC3)CC2)C1=O. The first kappa shape index (κ1) is 21.6. The van der Waals surface area contributed by atoms with Gasteiger partial charge >= 0.3 is 0 Å². The summed E-state index contributed by atoms with van der Waals surface area (Å²) in [5.41, 5.74) is 7.06. The van der Waals surface area contributed by atoms with E-state index < -0.39 is 5.54 Å². The summed E-state index contributed by atoms with van der Waals surface area (Å²) in [6, 6.07) is 11.1. The highest BCUT2D eigenvalue weighted by molar-refractivity contribution is 5.93. The van der Waals surface area contributed by atoms with Gasteiger partial charge in [0.05, 0.1) is 12.8 Å². The molecule has 2 aliphatic heterocycles. The van der Waals surface area contributed by atoms with Crippen LogP contribution in [0.4, 0.5) is 5.69 Å². The number of nitrogens with zero attached hydrogens (tertiary/aromatic N) is 3. The predicted octanol–water partition coefficient (Wildman–Crippen LogP) is 4.04. The summed E-state index contributed by atoms with van der Waals surface area (Å²) in [7, 11) is 0. The van der Waals surface area contributed by atoms with E-state index in [0.29, 0.717) is 12.7 Å². The lowest BCUT2D eigenvalue weighted by molar-refractivity contribution is -0.135. The third-order valence-electron chi connectivity index (χ3n) is 8.18. The number of para-hydroxylation sites is 1. The zero-order valence-electron chi connectivity index (χ0n) is 19.1. The number of anilines is 1. The van der Waals surface area contributed by atoms with Crippen LogP contribution in [-0.4, -0.2) is 53.2 Å². The molecule has 1 saturated carbocycles. The molecule has 3 fully saturated rings. The zero-order chi connectivity index (χ0) is 21.3. The Balaban J connectivity index is 1.49. The molecule has 1 aromatic carbocycles. The van der Waals surface area contributed by atoms with E-state index in [2.05, 4.69) is 54.8 Å². The maximum absolute atomic E-state index is 13.7. The number of hydrogen-bond acceptors (Lipinski definition) is 4. The molecule has 166 valence electrons. The average Bonchev–Trinajstić information content (AvgIpc) is 3.06. The van der Waals surface area contributed by atoms with Gasteiger partial charge in [-0.05, 0) is 68.9 Å². The van der Waals surface area contributed by atoms with Crippen LogP contribution in [0.2, 0.25) is 0 Å². The number of amides is 1. The molecule has 2 N–H and O–H groups in total. The quantitative estimate of drug-likeness (QED) is 0.793. The predicted molar refractivity (Wildman–Crippen MR) is 123 cm³/mol. The van der Waals surface area contributed by atoms with E-state index in [-0.39, 0.29) is 12.1 Å². The first-order valence-corrected chi connectivity index (χ1v) is 12.1. The second-order valence-electron chi connectivity index (χ2n) is 10.0. The molecule has 30 heavy (non-hydrogen) atoms. The number of carbonyl (C=O) groups excluding carboxylic acids is 1. The maximum atomic E-state index is 13.7. The Bertz CT molecular complexity index is 705. The Kier molecular flexibility index (Phi) is 6.40. The van der Waals surface area contributed by atoms with E-state index in [1.54, 1.807) is 0 Å². The lowest BCUT2D eigenvalue weighted by Crippen LogP contribution is -2.58. The van der Waals surface area contributed by atoms with Crippen LogP contribution in [0.1, 0.15) is 65.7 Å². The Morgan fingerprint density at radius 2 is 1.70 bits per heavy atom. The summed E-state index contributed by atoms with van der Waals surface area (Å²) < 4.78 is 0. The Morgan fingerprint density at radius 1 is 1.07 bits per heavy atom. The van der Waals surface area contributed by atoms with Crippen molar-refractivity contribution in [2.45, 2.75) is 83.5 Å². The highest BCUT2D eigenvalue weighted by atomic mass is 16.2. The van der Waals surface area contributed by atoms with Crippen LogP contribution >= 0.6 is 0 Å². The monoisotopic (exact) mass is 412 g/mol. The van der Waals surface area contributed by atoms with Crippen molar-refractivity contribution in [1.29, 1.82) is 0 Å². The fraction of sp³-hybridized carbons (Fsp3) is 0.720. The minimum absolute atomic E-state index is 0.201. The average molecular weight is 413 g/mol. The highest BCUT2D eigenvalue weighted by Gasteiger charge is 2.55. The van der Waals surface area contributed by atoms with Crippen LogP contribution in [0.3, 0.4) is 0 Å². The molecule has 1 amide bonds. The molecule has 1 aromatic rings. The van der Waals surface area contributed by atoms with Crippen LogP contribution < -0.4 is 10.6 Å². The third kappa shape index (κ3) is 3.87. The molecule has 2 heterocycles. The van der Waals surface area contributed by atoms with Crippen LogP contribution in [-0.2, 0) is 4.79 Å². The normalized spacial score (nSPS) is 28.5. The van der Waals surface area contributed by atoms with Gasteiger partial charge in [-0.15, -0.1) is 0 Å². The molecule has 5 heteroatoms. The third-order valence-corrected chi connectivity index (χ3v) is 8.18. The molecule has 3 aliphatic rings. The summed E-state index contributed by atoms with van der Waals surface area (Å²) in [4.78, 5) is 20.6. The standard InChI is InChI=1S/C25H40N4O/c1-4-23(26)28-18-29(22-8-6-5-7-9-22)25(24(28)30)14-16-27(17-15-25)21-12-10-20(11-13-21)19(2)3/h5-9,19-21,23H,4,10-18,26H2,1-3H3. The van der Waals surface area contributed by atoms with E-state index in [9.17, 15) is 4.79 Å². The Hall–Kier alpha value is -1.59. The van der Waals surface area contributed by atoms with Crippen molar-refractivity contribution < 1.29 is 4.79 Å². The summed E-state index contributed by atoms with van der Waals surface area (Å²) in [5.74, 6) is 1.94. The number of nitrogens with two attached hydrogens (primary N) is 1. The molecule has 4 rings (SSSR count). The first-order valence-electron chi connectivity index (χ1n) is 12.1. The second kappa shape index (κ2) is 8.88. The molecule has 0 bridgehead atoms. The van der Waals surface area contributed by atoms with Crippen LogP contribution in [0, 0.1) is 11.8 Å². The maximum Gasteiger partial charge on any atom is 0.251 e. The van der Waals surface area contributed by atoms with Gasteiger partial charge in [0.25, 0.3) is 5.91 Å². The van der Waals surface area contributed by atoms with E-state index in [1.165, 1.54) is 25.7 Å². The van der Waals surface area contributed by atoms with Gasteiger partial charge in [-0.2, -0.15) is 0 Å². The Morgan fingerprint density at radius 3 is 2.27 bits per heavy atom. The summed E-state index contributed by atoms with van der Waals surface area (Å²) in [6.07, 6.45) is 7.74. The molecule has 1 unspecified atom stereocenters. The summed E-state index contributed by atoms with van der Waals surface area (Å²) in [5, 5.41) is 0. The van der Waals surface area contributed by atoms with E-state index in [1.807, 2.05) is 11.0 Å². The van der Waals surface area contributed by atoms with Crippen molar-refractivity contribution in [3.63, 3.8) is 0 Å². The van der Waals surface area contributed by atoms with Crippen molar-refractivity contribution in [2.24, 2.45) is 17.6 Å². The number of likely N-dealkylation sites (tertiary alicyclic amines) is 1. The summed E-state index contributed by atoms with van der Waals surface area (Å²) >= 11 is 0. The molecule has 1 spiro atoms. The van der Waals surface area contributed by atoms with Crippen LogP contribution in [0.25, 0.3) is 0 Å². The Labute approximate surface area is 182 Å². The topological polar surface area (TPSA) is 52.8 Å². The molecule has 1 atom stereocenters. The molecule has 1 aliphatic carbocycles. The summed E-state index contributed by atoms with van der Waals surface area (Å²) in [6.45, 7) is 9.43. The lowest BCUT2D eigenvalue weighted by atomic mass is 9.78. The number of rotatable bonds is 5. The van der Waals surface area contributed by atoms with E-state index in [4.69, 9.17) is 5.73 Å². The fourth-order valence-corrected chi connectivity index (χ4v) is 6.02. The van der Waals surface area contributed by atoms with Crippen LogP contribution in [0.5, 0.6) is 0 Å². The van der Waals surface area contributed by atoms with Crippen molar-refractivity contribution in [3.8, 4) is 0 Å². The van der Waals surface area contributed by atoms with Gasteiger partial charge in [0.15, 0.2) is 0 Å². The largest absolute Gasteiger partial charge is 0.339 e. The first-order chi connectivity index (χ1) is 14.5. The van der Waals surface area contributed by atoms with Gasteiger partial charge < -0.3 is 20.4 Å². The second-order valence-corrected chi connectivity index (χ2v) is 10.0. The van der Waals surface area contributed by atoms with Gasteiger partial charge in [-0.3, -0.25) is 4.79 Å². The number of hydrogen-bond donors (Lipinski definition) is 1. The number of piperidine rings is 1.